The van der Waals surface area contributed by atoms with Gasteiger partial charge >= 0.3 is 0 Å². The van der Waals surface area contributed by atoms with Crippen LogP contribution in [0.2, 0.25) is 0 Å². The van der Waals surface area contributed by atoms with Gasteiger partial charge in [-0.3, -0.25) is 19.3 Å². The fourth-order valence-corrected chi connectivity index (χ4v) is 7.68. The molecule has 3 aromatic carbocycles. The summed E-state index contributed by atoms with van der Waals surface area (Å²) in [6.45, 7) is 1.29. The van der Waals surface area contributed by atoms with E-state index in [0.717, 1.165) is 44.0 Å². The number of methoxy groups -OCH3 is 1. The van der Waals surface area contributed by atoms with Crippen molar-refractivity contribution in [1.29, 1.82) is 0 Å². The number of hydrogen-bond donors (Lipinski definition) is 0. The SMILES string of the molecule is COc1cccc2c1-c1ccsc1-c1ccccc1C2N1[C@@H]2COCCN2C(=O)c2c(OCc3ccccc3)c(=O)ccn21. The Morgan fingerprint density at radius 1 is 0.909 bits per heavy atom. The molecule has 3 aliphatic rings. The Morgan fingerprint density at radius 3 is 2.59 bits per heavy atom. The molecule has 0 bridgehead atoms. The van der Waals surface area contributed by atoms with Gasteiger partial charge in [0, 0.05) is 34.8 Å². The molecule has 1 aliphatic carbocycles. The van der Waals surface area contributed by atoms with Crippen LogP contribution in [0.25, 0.3) is 21.6 Å². The van der Waals surface area contributed by atoms with Gasteiger partial charge in [0.05, 0.1) is 26.4 Å². The fraction of sp³-hybridized carbons (Fsp3) is 0.200. The quantitative estimate of drug-likeness (QED) is 0.257. The van der Waals surface area contributed by atoms with Crippen LogP contribution < -0.4 is 19.9 Å². The Balaban J connectivity index is 1.38. The maximum atomic E-state index is 14.2. The summed E-state index contributed by atoms with van der Waals surface area (Å²) in [7, 11) is 1.70. The highest BCUT2D eigenvalue weighted by Crippen LogP contribution is 2.52. The number of benzene rings is 3. The molecule has 9 heteroatoms. The van der Waals surface area contributed by atoms with Gasteiger partial charge in [-0.05, 0) is 39.8 Å². The second-order valence-electron chi connectivity index (χ2n) is 11.0. The van der Waals surface area contributed by atoms with Crippen molar-refractivity contribution in [2.24, 2.45) is 0 Å². The van der Waals surface area contributed by atoms with Gasteiger partial charge in [0.15, 0.2) is 11.4 Å². The molecule has 1 unspecified atom stereocenters. The number of rotatable bonds is 5. The highest BCUT2D eigenvalue weighted by Gasteiger charge is 2.46. The number of thiophene rings is 1. The minimum atomic E-state index is -0.429. The lowest BCUT2D eigenvalue weighted by molar-refractivity contribution is -0.0197. The van der Waals surface area contributed by atoms with E-state index in [9.17, 15) is 9.59 Å². The maximum absolute atomic E-state index is 14.2. The zero-order valence-electron chi connectivity index (χ0n) is 24.0. The molecule has 4 heterocycles. The van der Waals surface area contributed by atoms with Crippen molar-refractivity contribution in [2.75, 3.05) is 31.9 Å². The Morgan fingerprint density at radius 2 is 1.73 bits per heavy atom. The van der Waals surface area contributed by atoms with Crippen molar-refractivity contribution >= 4 is 17.2 Å². The van der Waals surface area contributed by atoms with Gasteiger partial charge in [-0.15, -0.1) is 11.3 Å². The average molecular weight is 604 g/mol. The monoisotopic (exact) mass is 603 g/mol. The predicted molar refractivity (Wildman–Crippen MR) is 169 cm³/mol. The van der Waals surface area contributed by atoms with Gasteiger partial charge in [-0.2, -0.15) is 0 Å². The smallest absolute Gasteiger partial charge is 0.278 e. The summed E-state index contributed by atoms with van der Waals surface area (Å²) in [6, 6.07) is 27.5. The van der Waals surface area contributed by atoms with Gasteiger partial charge in [0.25, 0.3) is 5.91 Å². The molecule has 0 N–H and O–H groups in total. The number of hydrogen-bond acceptors (Lipinski definition) is 7. The number of carbonyl (C=O) groups is 1. The van der Waals surface area contributed by atoms with Crippen molar-refractivity contribution in [2.45, 2.75) is 18.8 Å². The standard InChI is InChI=1S/C35H29N3O5S/c1-41-28-13-7-12-25-30(28)26-15-19-44-34(26)24-11-6-5-10-23(24)31(25)38-29-21-42-18-17-36(29)35(40)32-33(27(39)14-16-37(32)38)43-20-22-8-3-2-4-9-22/h2-16,19,29,31H,17-18,20-21H2,1H3/t29-,31?/m1/s1. The highest BCUT2D eigenvalue weighted by molar-refractivity contribution is 7.14. The van der Waals surface area contributed by atoms with E-state index >= 15 is 0 Å². The summed E-state index contributed by atoms with van der Waals surface area (Å²) < 4.78 is 20.0. The van der Waals surface area contributed by atoms with Crippen molar-refractivity contribution in [3.05, 3.63) is 129 Å². The Hall–Kier alpha value is -4.86. The first-order chi connectivity index (χ1) is 21.7. The highest BCUT2D eigenvalue weighted by atomic mass is 32.1. The number of fused-ring (bicyclic) bond motifs is 7. The summed E-state index contributed by atoms with van der Waals surface area (Å²) in [5.41, 5.74) is 6.13. The van der Waals surface area contributed by atoms with Crippen molar-refractivity contribution in [1.82, 2.24) is 9.58 Å². The molecule has 44 heavy (non-hydrogen) atoms. The van der Waals surface area contributed by atoms with Gasteiger partial charge in [-0.25, -0.2) is 0 Å². The van der Waals surface area contributed by atoms with E-state index < -0.39 is 6.17 Å². The average Bonchev–Trinajstić information content (AvgIpc) is 3.52. The van der Waals surface area contributed by atoms with Crippen molar-refractivity contribution in [3.8, 4) is 33.1 Å². The largest absolute Gasteiger partial charge is 0.496 e. The van der Waals surface area contributed by atoms with E-state index in [1.54, 1.807) is 24.6 Å². The van der Waals surface area contributed by atoms with E-state index in [1.165, 1.54) is 6.07 Å². The van der Waals surface area contributed by atoms with Crippen LogP contribution >= 0.6 is 11.3 Å². The molecule has 8 rings (SSSR count). The Labute approximate surface area is 258 Å². The molecule has 0 saturated carbocycles. The van der Waals surface area contributed by atoms with Crippen molar-refractivity contribution < 1.29 is 19.0 Å². The van der Waals surface area contributed by atoms with E-state index in [0.29, 0.717) is 19.8 Å². The lowest BCUT2D eigenvalue weighted by Gasteiger charge is -2.51. The van der Waals surface area contributed by atoms with Crippen LogP contribution in [0.3, 0.4) is 0 Å². The first-order valence-corrected chi connectivity index (χ1v) is 15.5. The lowest BCUT2D eigenvalue weighted by Crippen LogP contribution is -2.66. The molecule has 2 aromatic heterocycles. The summed E-state index contributed by atoms with van der Waals surface area (Å²) in [5.74, 6) is 0.571. The fourth-order valence-electron chi connectivity index (χ4n) is 6.73. The van der Waals surface area contributed by atoms with E-state index in [1.807, 2.05) is 52.0 Å². The van der Waals surface area contributed by atoms with Crippen LogP contribution in [0.5, 0.6) is 11.5 Å². The number of aromatic nitrogens is 1. The normalized spacial score (nSPS) is 18.3. The number of nitrogens with zero attached hydrogens (tertiary/aromatic N) is 3. The number of carbonyl (C=O) groups excluding carboxylic acids is 1. The van der Waals surface area contributed by atoms with Crippen molar-refractivity contribution in [3.63, 3.8) is 0 Å². The second-order valence-corrected chi connectivity index (χ2v) is 11.9. The third kappa shape index (κ3) is 4.07. The topological polar surface area (TPSA) is 73.2 Å². The van der Waals surface area contributed by atoms with Crippen LogP contribution in [0.1, 0.15) is 33.2 Å². The zero-order chi connectivity index (χ0) is 29.8. The molecule has 1 amide bonds. The summed E-state index contributed by atoms with van der Waals surface area (Å²) in [4.78, 5) is 30.6. The molecule has 0 spiro atoms. The van der Waals surface area contributed by atoms with E-state index in [-0.39, 0.29) is 35.4 Å². The molecule has 8 nitrogen and oxygen atoms in total. The maximum Gasteiger partial charge on any atom is 0.278 e. The number of amides is 1. The Bertz CT molecular complexity index is 1950. The van der Waals surface area contributed by atoms with Crippen LogP contribution in [-0.4, -0.2) is 48.5 Å². The van der Waals surface area contributed by atoms with Crippen LogP contribution in [0, 0.1) is 0 Å². The second kappa shape index (κ2) is 10.7. The molecule has 220 valence electrons. The molecule has 1 saturated heterocycles. The molecule has 5 aromatic rings. The third-order valence-corrected chi connectivity index (χ3v) is 9.60. The summed E-state index contributed by atoms with van der Waals surface area (Å²) in [6.07, 6.45) is 1.27. The summed E-state index contributed by atoms with van der Waals surface area (Å²) >= 11 is 1.70. The van der Waals surface area contributed by atoms with Gasteiger partial charge in [0.2, 0.25) is 5.43 Å². The van der Waals surface area contributed by atoms with Gasteiger partial charge < -0.3 is 19.1 Å². The minimum Gasteiger partial charge on any atom is -0.496 e. The molecule has 2 atom stereocenters. The first kappa shape index (κ1) is 26.7. The first-order valence-electron chi connectivity index (χ1n) is 14.6. The molecule has 2 aliphatic heterocycles. The zero-order valence-corrected chi connectivity index (χ0v) is 24.8. The number of ether oxygens (including phenoxy) is 3. The Kier molecular flexibility index (Phi) is 6.50. The molecular formula is C35H29N3O5S. The third-order valence-electron chi connectivity index (χ3n) is 8.65. The summed E-state index contributed by atoms with van der Waals surface area (Å²) in [5, 5.41) is 4.29. The van der Waals surface area contributed by atoms with Gasteiger partial charge in [0.1, 0.15) is 18.5 Å². The number of morpholine rings is 1. The van der Waals surface area contributed by atoms with Gasteiger partial charge in [-0.1, -0.05) is 66.7 Å². The predicted octanol–water partition coefficient (Wildman–Crippen LogP) is 5.68. The van der Waals surface area contributed by atoms with Crippen LogP contribution in [0.4, 0.5) is 0 Å². The van der Waals surface area contributed by atoms with Crippen LogP contribution in [-0.2, 0) is 11.3 Å². The molecule has 1 fully saturated rings. The van der Waals surface area contributed by atoms with E-state index in [2.05, 4.69) is 46.8 Å². The van der Waals surface area contributed by atoms with Crippen LogP contribution in [0.15, 0.2) is 101 Å². The lowest BCUT2D eigenvalue weighted by atomic mass is 9.91. The minimum absolute atomic E-state index is 0.0446. The molecular weight excluding hydrogens is 574 g/mol. The van der Waals surface area contributed by atoms with E-state index in [4.69, 9.17) is 14.2 Å². The molecule has 0 radical (unpaired) electrons. The number of pyridine rings is 1.